The van der Waals surface area contributed by atoms with E-state index in [9.17, 15) is 0 Å². The van der Waals surface area contributed by atoms with Crippen molar-refractivity contribution in [1.82, 2.24) is 0 Å². The summed E-state index contributed by atoms with van der Waals surface area (Å²) in [5, 5.41) is 4.56. The van der Waals surface area contributed by atoms with Crippen LogP contribution in [0, 0.1) is 0 Å². The average molecular weight is 619 g/mol. The minimum absolute atomic E-state index is 0.136. The molecule has 4 nitrogen and oxygen atoms in total. The van der Waals surface area contributed by atoms with E-state index in [2.05, 4.69) is 37.0 Å². The van der Waals surface area contributed by atoms with Crippen LogP contribution in [0.1, 0.15) is 11.1 Å². The lowest BCUT2D eigenvalue weighted by atomic mass is 10.1. The third kappa shape index (κ3) is 9.50. The van der Waals surface area contributed by atoms with Gasteiger partial charge >= 0.3 is 0 Å². The van der Waals surface area contributed by atoms with Crippen molar-refractivity contribution in [2.45, 2.75) is 6.61 Å². The van der Waals surface area contributed by atoms with Gasteiger partial charge in [0.05, 0.1) is 19.7 Å². The van der Waals surface area contributed by atoms with Crippen molar-refractivity contribution in [3.63, 3.8) is 0 Å². The van der Waals surface area contributed by atoms with Gasteiger partial charge in [-0.15, -0.1) is 0 Å². The number of benzene rings is 2. The fraction of sp³-hybridized carbons (Fsp3) is 0.150. The lowest BCUT2D eigenvalue weighted by molar-refractivity contribution is 0.176. The average Bonchev–Trinajstić information content (AvgIpc) is 2.67. The first-order valence-corrected chi connectivity index (χ1v) is 11.5. The van der Waals surface area contributed by atoms with Crippen LogP contribution in [0.15, 0.2) is 61.6 Å². The molecule has 0 radical (unpaired) electrons. The number of ether oxygens (including phenoxy) is 2. The van der Waals surface area contributed by atoms with Crippen LogP contribution < -0.4 is 9.47 Å². The maximum Gasteiger partial charge on any atom is 0.157 e. The maximum absolute atomic E-state index is 6.29. The second-order valence-electron chi connectivity index (χ2n) is 5.58. The van der Waals surface area contributed by atoms with Gasteiger partial charge in [-0.3, -0.25) is 0 Å². The molecular formula is C20H15Br2Cl4NO3. The molecule has 0 N–H and O–H groups in total. The predicted molar refractivity (Wildman–Crippen MR) is 132 cm³/mol. The van der Waals surface area contributed by atoms with Crippen LogP contribution in [0.3, 0.4) is 0 Å². The van der Waals surface area contributed by atoms with Crippen molar-refractivity contribution < 1.29 is 14.3 Å². The summed E-state index contributed by atoms with van der Waals surface area (Å²) in [7, 11) is 0. The Kier molecular flexibility index (Phi) is 11.4. The van der Waals surface area contributed by atoms with E-state index < -0.39 is 0 Å². The Labute approximate surface area is 211 Å². The topological polar surface area (TPSA) is 40.0 Å². The predicted octanol–water partition coefficient (Wildman–Crippen LogP) is 8.25. The van der Waals surface area contributed by atoms with Gasteiger partial charge in [0, 0.05) is 12.1 Å². The zero-order valence-corrected chi connectivity index (χ0v) is 21.5. The third-order valence-electron chi connectivity index (χ3n) is 3.41. The van der Waals surface area contributed by atoms with E-state index in [0.29, 0.717) is 34.8 Å². The van der Waals surface area contributed by atoms with Crippen molar-refractivity contribution in [1.29, 1.82) is 0 Å². The van der Waals surface area contributed by atoms with Gasteiger partial charge in [-0.05, 0) is 55.1 Å². The molecule has 0 unspecified atom stereocenters. The third-order valence-corrected chi connectivity index (χ3v) is 4.93. The summed E-state index contributed by atoms with van der Waals surface area (Å²) in [6.07, 6.45) is 4.88. The molecule has 0 aliphatic carbocycles. The number of nitrogens with zero attached hydrogens (tertiary/aromatic N) is 1. The van der Waals surface area contributed by atoms with E-state index in [0.717, 1.165) is 14.5 Å². The maximum atomic E-state index is 6.29. The van der Waals surface area contributed by atoms with E-state index in [4.69, 9.17) is 60.7 Å². The molecule has 0 spiro atoms. The molecule has 0 aliphatic rings. The van der Waals surface area contributed by atoms with Crippen LogP contribution in [0.5, 0.6) is 11.5 Å². The highest BCUT2D eigenvalue weighted by molar-refractivity contribution is 9.28. The highest BCUT2D eigenvalue weighted by Gasteiger charge is 2.11. The molecular weight excluding hydrogens is 604 g/mol. The van der Waals surface area contributed by atoms with Gasteiger partial charge in [0.15, 0.2) is 5.75 Å². The van der Waals surface area contributed by atoms with Crippen molar-refractivity contribution in [2.24, 2.45) is 5.16 Å². The van der Waals surface area contributed by atoms with Crippen molar-refractivity contribution >= 4 is 84.5 Å². The van der Waals surface area contributed by atoms with E-state index in [1.165, 1.54) is 6.08 Å². The van der Waals surface area contributed by atoms with Gasteiger partial charge in [0.2, 0.25) is 0 Å². The molecule has 0 amide bonds. The zero-order chi connectivity index (χ0) is 21.9. The SMILES string of the molecule is ClC(Cl)=CCO/N=C/c1ccc(COc2c(Cl)cc(OCC=C(Br)Br)cc2Cl)cc1. The summed E-state index contributed by atoms with van der Waals surface area (Å²) in [5.74, 6) is 0.942. The van der Waals surface area contributed by atoms with Crippen LogP contribution in [-0.4, -0.2) is 19.4 Å². The van der Waals surface area contributed by atoms with Gasteiger partial charge in [0.1, 0.15) is 30.1 Å². The summed E-state index contributed by atoms with van der Waals surface area (Å²) in [6.45, 7) is 0.850. The molecule has 0 aromatic heterocycles. The Morgan fingerprint density at radius 2 is 1.60 bits per heavy atom. The molecule has 0 atom stereocenters. The van der Waals surface area contributed by atoms with Crippen molar-refractivity contribution in [3.05, 3.63) is 77.6 Å². The molecule has 2 aromatic carbocycles. The quantitative estimate of drug-likeness (QED) is 0.153. The van der Waals surface area contributed by atoms with E-state index in [1.54, 1.807) is 24.4 Å². The van der Waals surface area contributed by atoms with Crippen molar-refractivity contribution in [3.8, 4) is 11.5 Å². The van der Waals surface area contributed by atoms with E-state index >= 15 is 0 Å². The number of hydrogen-bond acceptors (Lipinski definition) is 4. The summed E-state index contributed by atoms with van der Waals surface area (Å²) < 4.78 is 12.3. The zero-order valence-electron chi connectivity index (χ0n) is 15.3. The molecule has 10 heteroatoms. The highest BCUT2D eigenvalue weighted by Crippen LogP contribution is 2.37. The first kappa shape index (κ1) is 25.4. The van der Waals surface area contributed by atoms with E-state index in [-0.39, 0.29) is 11.1 Å². The minimum atomic E-state index is 0.136. The molecule has 2 aromatic rings. The summed E-state index contributed by atoms with van der Waals surface area (Å²) in [5.41, 5.74) is 1.80. The summed E-state index contributed by atoms with van der Waals surface area (Å²) in [4.78, 5) is 5.01. The minimum Gasteiger partial charge on any atom is -0.489 e. The van der Waals surface area contributed by atoms with Crippen LogP contribution in [0.25, 0.3) is 0 Å². The number of hydrogen-bond donors (Lipinski definition) is 0. The molecule has 0 fully saturated rings. The molecule has 160 valence electrons. The fourth-order valence-electron chi connectivity index (χ4n) is 2.06. The van der Waals surface area contributed by atoms with Gasteiger partial charge in [-0.1, -0.05) is 75.8 Å². The van der Waals surface area contributed by atoms with Gasteiger partial charge in [-0.2, -0.15) is 0 Å². The van der Waals surface area contributed by atoms with Crippen LogP contribution in [-0.2, 0) is 11.4 Å². The standard InChI is InChI=1S/C20H15Br2Cl4NO3/c21-18(22)5-7-28-15-9-16(23)20(17(24)10-15)29-12-14-3-1-13(2-4-14)11-27-30-8-6-19(25)26/h1-6,9-11H,7-8,12H2/b27-11+. The second-order valence-corrected chi connectivity index (χ2v) is 10.2. The number of rotatable bonds is 10. The molecule has 0 aliphatic heterocycles. The monoisotopic (exact) mass is 615 g/mol. The Morgan fingerprint density at radius 1 is 0.933 bits per heavy atom. The molecule has 2 rings (SSSR count). The Hall–Kier alpha value is -0.890. The summed E-state index contributed by atoms with van der Waals surface area (Å²) in [6, 6.07) is 10.9. The Morgan fingerprint density at radius 3 is 2.20 bits per heavy atom. The Bertz CT molecular complexity index is 903. The number of oxime groups is 1. The first-order valence-electron chi connectivity index (χ1n) is 8.36. The van der Waals surface area contributed by atoms with Gasteiger partial charge < -0.3 is 14.3 Å². The van der Waals surface area contributed by atoms with E-state index in [1.807, 2.05) is 24.3 Å². The molecule has 0 bridgehead atoms. The molecule has 30 heavy (non-hydrogen) atoms. The lowest BCUT2D eigenvalue weighted by Gasteiger charge is -2.12. The van der Waals surface area contributed by atoms with Crippen LogP contribution >= 0.6 is 78.3 Å². The molecule has 0 saturated carbocycles. The lowest BCUT2D eigenvalue weighted by Crippen LogP contribution is -1.99. The summed E-state index contributed by atoms with van der Waals surface area (Å²) >= 11 is 30.1. The Balaban J connectivity index is 1.91. The fourth-order valence-corrected chi connectivity index (χ4v) is 3.02. The first-order chi connectivity index (χ1) is 14.3. The van der Waals surface area contributed by atoms with Gasteiger partial charge in [0.25, 0.3) is 0 Å². The second kappa shape index (κ2) is 13.5. The van der Waals surface area contributed by atoms with Crippen molar-refractivity contribution in [2.75, 3.05) is 13.2 Å². The molecule has 0 heterocycles. The van der Waals surface area contributed by atoms with Crippen LogP contribution in [0.4, 0.5) is 0 Å². The number of halogens is 6. The van der Waals surface area contributed by atoms with Gasteiger partial charge in [-0.25, -0.2) is 0 Å². The highest BCUT2D eigenvalue weighted by atomic mass is 79.9. The van der Waals surface area contributed by atoms with Crippen LogP contribution in [0.2, 0.25) is 10.0 Å². The normalized spacial score (nSPS) is 10.6. The molecule has 0 saturated heterocycles. The largest absolute Gasteiger partial charge is 0.489 e. The smallest absolute Gasteiger partial charge is 0.157 e.